The molecule has 1 fully saturated rings. The zero-order valence-electron chi connectivity index (χ0n) is 16.3. The highest BCUT2D eigenvalue weighted by Crippen LogP contribution is 2.38. The molecule has 0 radical (unpaired) electrons. The maximum Gasteiger partial charge on any atom is 0.247 e. The Morgan fingerprint density at radius 2 is 2.03 bits per heavy atom. The van der Waals surface area contributed by atoms with Gasteiger partial charge < -0.3 is 8.98 Å². The van der Waals surface area contributed by atoms with E-state index in [4.69, 9.17) is 16.0 Å². The Balaban J connectivity index is 1.40. The van der Waals surface area contributed by atoms with Gasteiger partial charge in [-0.3, -0.25) is 4.98 Å². The predicted octanol–water partition coefficient (Wildman–Crippen LogP) is 5.31. The van der Waals surface area contributed by atoms with Crippen LogP contribution in [0.1, 0.15) is 30.9 Å². The molecule has 1 aromatic carbocycles. The van der Waals surface area contributed by atoms with E-state index in [1.165, 1.54) is 12.8 Å². The topological polar surface area (TPSA) is 82.5 Å². The molecule has 1 unspecified atom stereocenters. The van der Waals surface area contributed by atoms with Crippen LogP contribution in [-0.4, -0.2) is 29.9 Å². The Labute approximate surface area is 182 Å². The zero-order valence-corrected chi connectivity index (χ0v) is 17.8. The van der Waals surface area contributed by atoms with Crippen molar-refractivity contribution in [2.75, 3.05) is 0 Å². The molecule has 0 spiro atoms. The number of nitrogens with zero attached hydrogens (tertiary/aromatic N) is 6. The summed E-state index contributed by atoms with van der Waals surface area (Å²) < 4.78 is 8.07. The third-order valence-electron chi connectivity index (χ3n) is 4.89. The first-order chi connectivity index (χ1) is 14.7. The normalized spacial score (nSPS) is 14.7. The van der Waals surface area contributed by atoms with Crippen LogP contribution in [0.4, 0.5) is 0 Å². The number of halogens is 1. The second-order valence-electron chi connectivity index (χ2n) is 7.29. The minimum atomic E-state index is -0.0795. The van der Waals surface area contributed by atoms with Gasteiger partial charge in [-0.1, -0.05) is 35.5 Å². The third-order valence-corrected chi connectivity index (χ3v) is 6.19. The van der Waals surface area contributed by atoms with Crippen LogP contribution >= 0.6 is 23.4 Å². The fraction of sp³-hybridized carbons (Fsp3) is 0.286. The van der Waals surface area contributed by atoms with Gasteiger partial charge in [-0.2, -0.15) is 0 Å². The highest BCUT2D eigenvalue weighted by Gasteiger charge is 2.27. The molecule has 0 bridgehead atoms. The average Bonchev–Trinajstić information content (AvgIpc) is 3.29. The molecule has 0 N–H and O–H groups in total. The minimum absolute atomic E-state index is 0.0795. The van der Waals surface area contributed by atoms with Gasteiger partial charge in [0.25, 0.3) is 0 Å². The van der Waals surface area contributed by atoms with Gasteiger partial charge in [-0.15, -0.1) is 20.4 Å². The van der Waals surface area contributed by atoms with E-state index in [1.807, 2.05) is 49.4 Å². The maximum absolute atomic E-state index is 6.07. The van der Waals surface area contributed by atoms with Crippen molar-refractivity contribution in [3.8, 4) is 23.0 Å². The van der Waals surface area contributed by atoms with E-state index in [-0.39, 0.29) is 5.25 Å². The lowest BCUT2D eigenvalue weighted by Crippen LogP contribution is -2.05. The number of hydrogen-bond donors (Lipinski definition) is 0. The van der Waals surface area contributed by atoms with E-state index >= 15 is 0 Å². The lowest BCUT2D eigenvalue weighted by atomic mass is 10.2. The van der Waals surface area contributed by atoms with Crippen molar-refractivity contribution in [2.45, 2.75) is 36.7 Å². The summed E-state index contributed by atoms with van der Waals surface area (Å²) in [5.74, 6) is 2.46. The fourth-order valence-corrected chi connectivity index (χ4v) is 4.21. The molecule has 30 heavy (non-hydrogen) atoms. The number of thioether (sulfide) groups is 1. The molecule has 3 aromatic heterocycles. The maximum atomic E-state index is 6.07. The summed E-state index contributed by atoms with van der Waals surface area (Å²) in [5.41, 5.74) is 1.62. The van der Waals surface area contributed by atoms with Gasteiger partial charge in [0, 0.05) is 23.3 Å². The third kappa shape index (κ3) is 4.11. The van der Waals surface area contributed by atoms with Crippen LogP contribution in [0, 0.1) is 5.92 Å². The van der Waals surface area contributed by atoms with Crippen LogP contribution < -0.4 is 0 Å². The van der Waals surface area contributed by atoms with Crippen LogP contribution in [0.2, 0.25) is 5.02 Å². The fourth-order valence-electron chi connectivity index (χ4n) is 3.13. The van der Waals surface area contributed by atoms with Crippen LogP contribution in [0.25, 0.3) is 23.0 Å². The molecule has 0 amide bonds. The van der Waals surface area contributed by atoms with Crippen molar-refractivity contribution in [3.05, 3.63) is 59.6 Å². The summed E-state index contributed by atoms with van der Waals surface area (Å²) in [6, 6.07) is 13.2. The van der Waals surface area contributed by atoms with Crippen molar-refractivity contribution in [2.24, 2.45) is 5.92 Å². The van der Waals surface area contributed by atoms with Crippen molar-refractivity contribution in [1.29, 1.82) is 0 Å². The molecule has 7 nitrogen and oxygen atoms in total. The van der Waals surface area contributed by atoms with E-state index < -0.39 is 0 Å². The van der Waals surface area contributed by atoms with E-state index in [2.05, 4.69) is 29.9 Å². The molecule has 9 heteroatoms. The van der Waals surface area contributed by atoms with Gasteiger partial charge >= 0.3 is 0 Å². The summed E-state index contributed by atoms with van der Waals surface area (Å²) >= 11 is 7.63. The van der Waals surface area contributed by atoms with Gasteiger partial charge in [-0.05, 0) is 56.0 Å². The highest BCUT2D eigenvalue weighted by atomic mass is 35.5. The number of aromatic nitrogens is 6. The van der Waals surface area contributed by atoms with Crippen LogP contribution in [-0.2, 0) is 6.54 Å². The summed E-state index contributed by atoms with van der Waals surface area (Å²) in [6.45, 7) is 2.92. The van der Waals surface area contributed by atoms with Crippen molar-refractivity contribution in [1.82, 2.24) is 29.9 Å². The van der Waals surface area contributed by atoms with E-state index in [0.717, 1.165) is 28.8 Å². The predicted molar refractivity (Wildman–Crippen MR) is 115 cm³/mol. The van der Waals surface area contributed by atoms with Gasteiger partial charge in [-0.25, -0.2) is 0 Å². The first-order valence-electron chi connectivity index (χ1n) is 9.78. The molecule has 152 valence electrons. The lowest BCUT2D eigenvalue weighted by Gasteiger charge is -2.11. The highest BCUT2D eigenvalue weighted by molar-refractivity contribution is 7.99. The Morgan fingerprint density at radius 1 is 1.13 bits per heavy atom. The van der Waals surface area contributed by atoms with Gasteiger partial charge in [0.15, 0.2) is 11.0 Å². The Kier molecular flexibility index (Phi) is 5.26. The monoisotopic (exact) mass is 438 g/mol. The molecule has 0 aliphatic heterocycles. The number of hydrogen-bond acceptors (Lipinski definition) is 7. The van der Waals surface area contributed by atoms with E-state index in [9.17, 15) is 0 Å². The standard InChI is InChI=1S/C21H19ClN6OS/c1-13(19-25-26-20(29-19)15-5-4-6-16(22)11-15)30-21-27-24-18(17-7-2-3-10-23-17)28(21)12-14-8-9-14/h2-7,10-11,13-14H,8-9,12H2,1H3. The van der Waals surface area contributed by atoms with Crippen molar-refractivity contribution >= 4 is 23.4 Å². The Morgan fingerprint density at radius 3 is 2.80 bits per heavy atom. The first-order valence-corrected chi connectivity index (χ1v) is 11.0. The summed E-state index contributed by atoms with van der Waals surface area (Å²) in [4.78, 5) is 4.45. The van der Waals surface area contributed by atoms with Gasteiger partial charge in [0.1, 0.15) is 5.69 Å². The van der Waals surface area contributed by atoms with Gasteiger partial charge in [0.2, 0.25) is 11.8 Å². The number of pyridine rings is 1. The number of rotatable bonds is 7. The van der Waals surface area contributed by atoms with E-state index in [0.29, 0.717) is 22.7 Å². The summed E-state index contributed by atoms with van der Waals surface area (Å²) in [7, 11) is 0. The second kappa shape index (κ2) is 8.20. The van der Waals surface area contributed by atoms with E-state index in [1.54, 1.807) is 18.0 Å². The molecule has 5 rings (SSSR count). The molecule has 1 atom stereocenters. The van der Waals surface area contributed by atoms with Crippen LogP contribution in [0.5, 0.6) is 0 Å². The first kappa shape index (κ1) is 19.3. The Bertz CT molecular complexity index is 1160. The largest absolute Gasteiger partial charge is 0.419 e. The average molecular weight is 439 g/mol. The SMILES string of the molecule is CC(Sc1nnc(-c2ccccn2)n1CC1CC1)c1nnc(-c2cccc(Cl)c2)o1. The summed E-state index contributed by atoms with van der Waals surface area (Å²) in [6.07, 6.45) is 4.26. The quantitative estimate of drug-likeness (QED) is 0.361. The van der Waals surface area contributed by atoms with Crippen LogP contribution in [0.15, 0.2) is 58.2 Å². The zero-order chi connectivity index (χ0) is 20.5. The lowest BCUT2D eigenvalue weighted by molar-refractivity contribution is 0.508. The molecule has 1 saturated carbocycles. The van der Waals surface area contributed by atoms with Gasteiger partial charge in [0.05, 0.1) is 5.25 Å². The minimum Gasteiger partial charge on any atom is -0.419 e. The molecule has 1 aliphatic rings. The molecule has 3 heterocycles. The number of benzene rings is 1. The van der Waals surface area contributed by atoms with Crippen LogP contribution in [0.3, 0.4) is 0 Å². The molecular weight excluding hydrogens is 420 g/mol. The Hall–Kier alpha value is -2.71. The van der Waals surface area contributed by atoms with Crippen molar-refractivity contribution < 1.29 is 4.42 Å². The molecular formula is C21H19ClN6OS. The molecule has 0 saturated heterocycles. The van der Waals surface area contributed by atoms with Crippen molar-refractivity contribution in [3.63, 3.8) is 0 Å². The molecule has 1 aliphatic carbocycles. The smallest absolute Gasteiger partial charge is 0.247 e. The molecule has 4 aromatic rings. The second-order valence-corrected chi connectivity index (χ2v) is 9.04. The summed E-state index contributed by atoms with van der Waals surface area (Å²) in [5, 5.41) is 18.7.